The number of nitrogens with zero attached hydrogens (tertiary/aromatic N) is 1. The van der Waals surface area contributed by atoms with Crippen LogP contribution in [0.2, 0.25) is 5.02 Å². The Morgan fingerprint density at radius 2 is 2.22 bits per heavy atom. The Morgan fingerprint density at radius 3 is 2.91 bits per heavy atom. The summed E-state index contributed by atoms with van der Waals surface area (Å²) in [6.07, 6.45) is 2.89. The summed E-state index contributed by atoms with van der Waals surface area (Å²) in [5, 5.41) is 1.62. The van der Waals surface area contributed by atoms with Crippen molar-refractivity contribution in [1.82, 2.24) is 4.98 Å². The van der Waals surface area contributed by atoms with Gasteiger partial charge in [0.15, 0.2) is 0 Å². The van der Waals surface area contributed by atoms with E-state index in [4.69, 9.17) is 26.1 Å². The fourth-order valence-corrected chi connectivity index (χ4v) is 3.11. The minimum absolute atomic E-state index is 0.584. The summed E-state index contributed by atoms with van der Waals surface area (Å²) in [5.41, 5.74) is 4.97. The fraction of sp³-hybridized carbons (Fsp3) is 0.316. The maximum atomic E-state index is 6.52. The summed E-state index contributed by atoms with van der Waals surface area (Å²) in [5.74, 6) is 0.650. The van der Waals surface area contributed by atoms with Gasteiger partial charge in [0.05, 0.1) is 36.1 Å². The molecule has 0 bridgehead atoms. The van der Waals surface area contributed by atoms with Gasteiger partial charge in [-0.15, -0.1) is 0 Å². The molecule has 2 heterocycles. The third-order valence-electron chi connectivity index (χ3n) is 3.92. The van der Waals surface area contributed by atoms with Crippen LogP contribution in [0, 0.1) is 6.92 Å². The van der Waals surface area contributed by atoms with Gasteiger partial charge in [-0.25, -0.2) is 4.98 Å². The molecule has 120 valence electrons. The SMILES string of the molecule is C=C(OCC)c1cc(C)cc2nc(C3=CCOCC3)c(Cl)cc12. The second kappa shape index (κ2) is 6.73. The van der Waals surface area contributed by atoms with E-state index in [0.29, 0.717) is 30.6 Å². The molecule has 1 aromatic heterocycles. The number of halogens is 1. The number of fused-ring (bicyclic) bond motifs is 1. The normalized spacial score (nSPS) is 14.7. The number of aryl methyl sites for hydroxylation is 1. The van der Waals surface area contributed by atoms with Crippen LogP contribution >= 0.6 is 11.6 Å². The lowest BCUT2D eigenvalue weighted by molar-refractivity contribution is 0.161. The van der Waals surface area contributed by atoms with E-state index in [1.807, 2.05) is 19.9 Å². The minimum atomic E-state index is 0.584. The van der Waals surface area contributed by atoms with E-state index in [-0.39, 0.29) is 0 Å². The summed E-state index contributed by atoms with van der Waals surface area (Å²) in [6, 6.07) is 6.10. The van der Waals surface area contributed by atoms with Crippen LogP contribution in [0.4, 0.5) is 0 Å². The molecule has 1 aliphatic heterocycles. The predicted octanol–water partition coefficient (Wildman–Crippen LogP) is 5.01. The van der Waals surface area contributed by atoms with Gasteiger partial charge in [-0.2, -0.15) is 0 Å². The first-order chi connectivity index (χ1) is 11.1. The molecule has 3 nitrogen and oxygen atoms in total. The zero-order chi connectivity index (χ0) is 16.4. The van der Waals surface area contributed by atoms with Crippen molar-refractivity contribution in [2.45, 2.75) is 20.3 Å². The van der Waals surface area contributed by atoms with Gasteiger partial charge in [0.25, 0.3) is 0 Å². The Morgan fingerprint density at radius 1 is 1.39 bits per heavy atom. The Labute approximate surface area is 141 Å². The molecule has 0 saturated carbocycles. The molecule has 23 heavy (non-hydrogen) atoms. The molecule has 0 N–H and O–H groups in total. The van der Waals surface area contributed by atoms with Crippen molar-refractivity contribution in [2.24, 2.45) is 0 Å². The summed E-state index contributed by atoms with van der Waals surface area (Å²) in [6.45, 7) is 9.93. The van der Waals surface area contributed by atoms with E-state index in [1.54, 1.807) is 0 Å². The van der Waals surface area contributed by atoms with Crippen LogP contribution in [0.5, 0.6) is 0 Å². The summed E-state index contributed by atoms with van der Waals surface area (Å²) in [4.78, 5) is 4.81. The van der Waals surface area contributed by atoms with Crippen molar-refractivity contribution < 1.29 is 9.47 Å². The lowest BCUT2D eigenvalue weighted by Crippen LogP contribution is -2.05. The number of pyridine rings is 1. The number of hydrogen-bond acceptors (Lipinski definition) is 3. The number of ether oxygens (including phenoxy) is 2. The topological polar surface area (TPSA) is 31.4 Å². The van der Waals surface area contributed by atoms with E-state index in [0.717, 1.165) is 39.7 Å². The van der Waals surface area contributed by atoms with Gasteiger partial charge in [0.1, 0.15) is 5.76 Å². The van der Waals surface area contributed by atoms with Gasteiger partial charge in [-0.05, 0) is 49.6 Å². The lowest BCUT2D eigenvalue weighted by atomic mass is 10.0. The van der Waals surface area contributed by atoms with Crippen LogP contribution in [-0.2, 0) is 9.47 Å². The van der Waals surface area contributed by atoms with E-state index in [1.165, 1.54) is 0 Å². The van der Waals surface area contributed by atoms with Crippen molar-refractivity contribution in [3.63, 3.8) is 0 Å². The molecule has 2 aromatic rings. The molecule has 0 spiro atoms. The molecule has 0 radical (unpaired) electrons. The van der Waals surface area contributed by atoms with Crippen molar-refractivity contribution in [3.05, 3.63) is 52.7 Å². The molecule has 0 aliphatic carbocycles. The number of benzene rings is 1. The summed E-state index contributed by atoms with van der Waals surface area (Å²) in [7, 11) is 0. The summed E-state index contributed by atoms with van der Waals surface area (Å²) < 4.78 is 11.0. The highest BCUT2D eigenvalue weighted by Gasteiger charge is 2.15. The van der Waals surface area contributed by atoms with Crippen LogP contribution < -0.4 is 0 Å². The van der Waals surface area contributed by atoms with Crippen LogP contribution in [0.25, 0.3) is 22.2 Å². The van der Waals surface area contributed by atoms with Crippen molar-refractivity contribution in [1.29, 1.82) is 0 Å². The van der Waals surface area contributed by atoms with Gasteiger partial charge in [-0.1, -0.05) is 24.3 Å². The Kier molecular flexibility index (Phi) is 4.69. The van der Waals surface area contributed by atoms with E-state index in [2.05, 4.69) is 24.8 Å². The Balaban J connectivity index is 2.17. The highest BCUT2D eigenvalue weighted by Crippen LogP contribution is 2.33. The first-order valence-corrected chi connectivity index (χ1v) is 8.18. The average molecular weight is 330 g/mol. The van der Waals surface area contributed by atoms with Crippen LogP contribution in [0.15, 0.2) is 30.9 Å². The molecule has 4 heteroatoms. The highest BCUT2D eigenvalue weighted by molar-refractivity contribution is 6.33. The molecule has 0 amide bonds. The zero-order valence-electron chi connectivity index (χ0n) is 13.5. The standard InChI is InChI=1S/C19H20ClNO2/c1-4-23-13(3)15-9-12(2)10-18-16(15)11-17(20)19(21-18)14-5-7-22-8-6-14/h5,9-11H,3-4,6-8H2,1-2H3. The van der Waals surface area contributed by atoms with Gasteiger partial charge in [0, 0.05) is 10.9 Å². The molecule has 0 saturated heterocycles. The lowest BCUT2D eigenvalue weighted by Gasteiger charge is -2.16. The second-order valence-electron chi connectivity index (χ2n) is 5.61. The average Bonchev–Trinajstić information content (AvgIpc) is 2.55. The Bertz CT molecular complexity index is 796. The van der Waals surface area contributed by atoms with Gasteiger partial charge < -0.3 is 9.47 Å². The maximum Gasteiger partial charge on any atom is 0.120 e. The molecule has 1 aromatic carbocycles. The number of rotatable bonds is 4. The molecule has 1 aliphatic rings. The first-order valence-electron chi connectivity index (χ1n) is 7.80. The van der Waals surface area contributed by atoms with E-state index in [9.17, 15) is 0 Å². The van der Waals surface area contributed by atoms with Crippen LogP contribution in [0.1, 0.15) is 30.2 Å². The van der Waals surface area contributed by atoms with Crippen LogP contribution in [0.3, 0.4) is 0 Å². The molecular formula is C19H20ClNO2. The second-order valence-corrected chi connectivity index (χ2v) is 6.02. The third-order valence-corrected chi connectivity index (χ3v) is 4.21. The Hall–Kier alpha value is -1.84. The first kappa shape index (κ1) is 16.0. The quantitative estimate of drug-likeness (QED) is 0.739. The van der Waals surface area contributed by atoms with Crippen molar-refractivity contribution in [2.75, 3.05) is 19.8 Å². The van der Waals surface area contributed by atoms with Gasteiger partial charge >= 0.3 is 0 Å². The third kappa shape index (κ3) is 3.26. The molecule has 3 rings (SSSR count). The number of hydrogen-bond donors (Lipinski definition) is 0. The summed E-state index contributed by atoms with van der Waals surface area (Å²) >= 11 is 6.52. The molecule has 0 atom stereocenters. The monoisotopic (exact) mass is 329 g/mol. The fourth-order valence-electron chi connectivity index (χ4n) is 2.84. The van der Waals surface area contributed by atoms with Crippen molar-refractivity contribution in [3.8, 4) is 0 Å². The van der Waals surface area contributed by atoms with E-state index < -0.39 is 0 Å². The van der Waals surface area contributed by atoms with Crippen LogP contribution in [-0.4, -0.2) is 24.8 Å². The maximum absolute atomic E-state index is 6.52. The largest absolute Gasteiger partial charge is 0.494 e. The molecular weight excluding hydrogens is 310 g/mol. The predicted molar refractivity (Wildman–Crippen MR) is 95.6 cm³/mol. The zero-order valence-corrected chi connectivity index (χ0v) is 14.2. The van der Waals surface area contributed by atoms with Gasteiger partial charge in [-0.3, -0.25) is 0 Å². The smallest absolute Gasteiger partial charge is 0.120 e. The van der Waals surface area contributed by atoms with Crippen molar-refractivity contribution >= 4 is 33.8 Å². The van der Waals surface area contributed by atoms with E-state index >= 15 is 0 Å². The number of aromatic nitrogens is 1. The minimum Gasteiger partial charge on any atom is -0.494 e. The molecule has 0 fully saturated rings. The molecule has 0 unspecified atom stereocenters. The highest BCUT2D eigenvalue weighted by atomic mass is 35.5. The van der Waals surface area contributed by atoms with Gasteiger partial charge in [0.2, 0.25) is 0 Å².